The van der Waals surface area contributed by atoms with Gasteiger partial charge in [0.15, 0.2) is 0 Å². The minimum Gasteiger partial charge on any atom is -0.380 e. The molecule has 0 saturated carbocycles. The smallest absolute Gasteiger partial charge is 0.0724 e. The second kappa shape index (κ2) is 3.95. The molecule has 3 heteroatoms. The Morgan fingerprint density at radius 1 is 1.31 bits per heavy atom. The summed E-state index contributed by atoms with van der Waals surface area (Å²) in [4.78, 5) is 0. The molecule has 13 heavy (non-hydrogen) atoms. The first kappa shape index (κ1) is 11.0. The van der Waals surface area contributed by atoms with E-state index in [2.05, 4.69) is 20.8 Å². The molecular formula is C10H21NO2. The second-order valence-corrected chi connectivity index (χ2v) is 5.03. The quantitative estimate of drug-likeness (QED) is 0.679. The fraction of sp³-hybridized carbons (Fsp3) is 1.00. The Hall–Kier alpha value is -0.120. The zero-order valence-corrected chi connectivity index (χ0v) is 9.08. The summed E-state index contributed by atoms with van der Waals surface area (Å²) in [5, 5.41) is 10.9. The molecule has 1 heterocycles. The van der Waals surface area contributed by atoms with Gasteiger partial charge in [-0.15, -0.1) is 0 Å². The van der Waals surface area contributed by atoms with Crippen LogP contribution in [-0.2, 0) is 4.74 Å². The van der Waals surface area contributed by atoms with Gasteiger partial charge in [-0.2, -0.15) is 5.06 Å². The lowest BCUT2D eigenvalue weighted by Gasteiger charge is -2.40. The van der Waals surface area contributed by atoms with Crippen molar-refractivity contribution in [3.63, 3.8) is 0 Å². The number of hydrogen-bond donors (Lipinski definition) is 1. The predicted molar refractivity (Wildman–Crippen MR) is 51.7 cm³/mol. The molecular weight excluding hydrogens is 166 g/mol. The van der Waals surface area contributed by atoms with E-state index in [0.717, 1.165) is 13.0 Å². The maximum Gasteiger partial charge on any atom is 0.0724 e. The lowest BCUT2D eigenvalue weighted by Crippen LogP contribution is -2.46. The van der Waals surface area contributed by atoms with E-state index in [9.17, 15) is 5.21 Å². The molecule has 0 aromatic rings. The Morgan fingerprint density at radius 2 is 1.92 bits per heavy atom. The summed E-state index contributed by atoms with van der Waals surface area (Å²) in [5.41, 5.74) is 0.248. The van der Waals surface area contributed by atoms with Gasteiger partial charge in [-0.1, -0.05) is 20.8 Å². The highest BCUT2D eigenvalue weighted by Crippen LogP contribution is 2.33. The third kappa shape index (κ3) is 2.93. The van der Waals surface area contributed by atoms with Crippen LogP contribution < -0.4 is 0 Å². The summed E-state index contributed by atoms with van der Waals surface area (Å²) < 4.78 is 5.29. The highest BCUT2D eigenvalue weighted by atomic mass is 16.5. The van der Waals surface area contributed by atoms with Crippen molar-refractivity contribution < 1.29 is 9.94 Å². The molecule has 1 fully saturated rings. The average molecular weight is 187 g/mol. The highest BCUT2D eigenvalue weighted by molar-refractivity contribution is 4.83. The Bertz CT molecular complexity index is 165. The first-order valence-corrected chi connectivity index (χ1v) is 4.90. The van der Waals surface area contributed by atoms with Crippen LogP contribution in [0.25, 0.3) is 0 Å². The number of ether oxygens (including phenoxy) is 1. The van der Waals surface area contributed by atoms with Crippen LogP contribution >= 0.6 is 0 Å². The third-order valence-electron chi connectivity index (χ3n) is 2.95. The fourth-order valence-electron chi connectivity index (χ4n) is 1.83. The summed E-state index contributed by atoms with van der Waals surface area (Å²) >= 11 is 0. The number of hydrogen-bond acceptors (Lipinski definition) is 3. The van der Waals surface area contributed by atoms with Gasteiger partial charge in [0.05, 0.1) is 12.6 Å². The molecule has 3 nitrogen and oxygen atoms in total. The minimum atomic E-state index is 0.183. The molecule has 0 bridgehead atoms. The van der Waals surface area contributed by atoms with Crippen molar-refractivity contribution in [3.05, 3.63) is 0 Å². The van der Waals surface area contributed by atoms with Gasteiger partial charge in [-0.25, -0.2) is 0 Å². The molecule has 0 radical (unpaired) electrons. The molecule has 0 unspecified atom stereocenters. The molecule has 2 atom stereocenters. The van der Waals surface area contributed by atoms with Crippen molar-refractivity contribution in [2.24, 2.45) is 11.3 Å². The van der Waals surface area contributed by atoms with Gasteiger partial charge >= 0.3 is 0 Å². The molecule has 78 valence electrons. The van der Waals surface area contributed by atoms with E-state index >= 15 is 0 Å². The molecule has 0 amide bonds. The largest absolute Gasteiger partial charge is 0.380 e. The summed E-state index contributed by atoms with van der Waals surface area (Å²) in [6, 6.07) is 0. The number of rotatable bonds is 1. The van der Waals surface area contributed by atoms with Crippen LogP contribution in [0.1, 0.15) is 27.2 Å². The van der Waals surface area contributed by atoms with Crippen LogP contribution in [0.2, 0.25) is 0 Å². The van der Waals surface area contributed by atoms with Gasteiger partial charge in [-0.3, -0.25) is 0 Å². The number of nitrogens with zero attached hydrogens (tertiary/aromatic N) is 1. The zero-order valence-electron chi connectivity index (χ0n) is 9.08. The topological polar surface area (TPSA) is 32.7 Å². The summed E-state index contributed by atoms with van der Waals surface area (Å²) in [6.07, 6.45) is 1.24. The van der Waals surface area contributed by atoms with E-state index < -0.39 is 0 Å². The predicted octanol–water partition coefficient (Wildman–Crippen LogP) is 1.76. The Morgan fingerprint density at radius 3 is 2.38 bits per heavy atom. The Labute approximate surface area is 80.6 Å². The second-order valence-electron chi connectivity index (χ2n) is 5.03. The van der Waals surface area contributed by atoms with Gasteiger partial charge in [0.2, 0.25) is 0 Å². The molecule has 0 aliphatic carbocycles. The molecule has 1 rings (SSSR count). The van der Waals surface area contributed by atoms with Crippen LogP contribution in [0.3, 0.4) is 0 Å². The van der Waals surface area contributed by atoms with Gasteiger partial charge in [0, 0.05) is 13.7 Å². The number of hydroxylamine groups is 2. The third-order valence-corrected chi connectivity index (χ3v) is 2.95. The first-order valence-electron chi connectivity index (χ1n) is 4.90. The van der Waals surface area contributed by atoms with Crippen molar-refractivity contribution in [1.82, 2.24) is 5.06 Å². The van der Waals surface area contributed by atoms with Crippen LogP contribution in [0.15, 0.2) is 0 Å². The van der Waals surface area contributed by atoms with Crippen LogP contribution in [0.4, 0.5) is 0 Å². The molecule has 1 saturated heterocycles. The van der Waals surface area contributed by atoms with Crippen LogP contribution in [-0.4, -0.2) is 36.6 Å². The Kier molecular flexibility index (Phi) is 3.33. The minimum absolute atomic E-state index is 0.183. The summed E-state index contributed by atoms with van der Waals surface area (Å²) in [5.74, 6) is 0.510. The molecule has 0 aromatic heterocycles. The van der Waals surface area contributed by atoms with Gasteiger partial charge in [0.25, 0.3) is 0 Å². The van der Waals surface area contributed by atoms with E-state index in [1.807, 2.05) is 0 Å². The van der Waals surface area contributed by atoms with Crippen molar-refractivity contribution in [3.8, 4) is 0 Å². The van der Waals surface area contributed by atoms with E-state index in [-0.39, 0.29) is 11.5 Å². The average Bonchev–Trinajstić information content (AvgIpc) is 2.01. The van der Waals surface area contributed by atoms with Crippen LogP contribution in [0, 0.1) is 11.3 Å². The Balaban J connectivity index is 2.57. The van der Waals surface area contributed by atoms with E-state index in [1.165, 1.54) is 5.06 Å². The van der Waals surface area contributed by atoms with Crippen LogP contribution in [0.5, 0.6) is 0 Å². The number of methoxy groups -OCH3 is 1. The van der Waals surface area contributed by atoms with E-state index in [1.54, 1.807) is 7.11 Å². The molecule has 1 aliphatic heterocycles. The van der Waals surface area contributed by atoms with E-state index in [0.29, 0.717) is 12.5 Å². The zero-order chi connectivity index (χ0) is 10.1. The van der Waals surface area contributed by atoms with Crippen molar-refractivity contribution in [1.29, 1.82) is 0 Å². The van der Waals surface area contributed by atoms with Gasteiger partial charge in [0.1, 0.15) is 0 Å². The highest BCUT2D eigenvalue weighted by Gasteiger charge is 2.33. The standard InChI is InChI=1S/C10H21NO2/c1-10(2,3)8-5-9(13-4)7-11(12)6-8/h8-9,12H,5-7H2,1-4H3/t8-,9+/m0/s1. The summed E-state index contributed by atoms with van der Waals surface area (Å²) in [7, 11) is 1.71. The molecule has 1 N–H and O–H groups in total. The van der Waals surface area contributed by atoms with Crippen molar-refractivity contribution in [2.45, 2.75) is 33.3 Å². The normalized spacial score (nSPS) is 32.1. The lowest BCUT2D eigenvalue weighted by molar-refractivity contribution is -0.164. The summed E-state index contributed by atoms with van der Waals surface area (Å²) in [6.45, 7) is 8.04. The lowest BCUT2D eigenvalue weighted by atomic mass is 9.76. The van der Waals surface area contributed by atoms with Crippen molar-refractivity contribution in [2.75, 3.05) is 20.2 Å². The SMILES string of the molecule is CO[C@@H]1C[C@H](C(C)(C)C)CN(O)C1. The molecule has 0 aromatic carbocycles. The maximum atomic E-state index is 9.50. The van der Waals surface area contributed by atoms with Crippen molar-refractivity contribution >= 4 is 0 Å². The fourth-order valence-corrected chi connectivity index (χ4v) is 1.83. The monoisotopic (exact) mass is 187 g/mol. The molecule has 0 spiro atoms. The van der Waals surface area contributed by atoms with Gasteiger partial charge < -0.3 is 9.94 Å². The molecule has 1 aliphatic rings. The maximum absolute atomic E-state index is 9.50. The van der Waals surface area contributed by atoms with E-state index in [4.69, 9.17) is 4.74 Å². The first-order chi connectivity index (χ1) is 5.93. The van der Waals surface area contributed by atoms with Gasteiger partial charge in [-0.05, 0) is 17.8 Å². The number of piperidine rings is 1.